The van der Waals surface area contributed by atoms with Gasteiger partial charge in [-0.3, -0.25) is 10.1 Å². The second kappa shape index (κ2) is 6.49. The van der Waals surface area contributed by atoms with Gasteiger partial charge in [0.25, 0.3) is 5.69 Å². The fraction of sp³-hybridized carbons (Fsp3) is 0.0667. The standard InChI is InChI=1S/C15H11NO6/c17-14(18)11-7-4-8-12(16(20)21)13(11)15(19)22-9-10-5-2-1-3-6-10/h1-8H,9H2,(H,17,18). The van der Waals surface area contributed by atoms with Crippen LogP contribution in [0.1, 0.15) is 26.3 Å². The number of aromatic carboxylic acids is 1. The summed E-state index contributed by atoms with van der Waals surface area (Å²) in [6.45, 7) is -0.106. The van der Waals surface area contributed by atoms with Gasteiger partial charge in [-0.1, -0.05) is 36.4 Å². The van der Waals surface area contributed by atoms with E-state index in [0.29, 0.717) is 5.56 Å². The molecule has 0 bridgehead atoms. The van der Waals surface area contributed by atoms with Crippen molar-refractivity contribution in [3.8, 4) is 0 Å². The Hall–Kier alpha value is -3.22. The second-order valence-electron chi connectivity index (χ2n) is 4.32. The highest BCUT2D eigenvalue weighted by molar-refractivity contribution is 6.05. The number of nitro benzene ring substituents is 1. The lowest BCUT2D eigenvalue weighted by molar-refractivity contribution is -0.385. The Morgan fingerprint density at radius 2 is 1.77 bits per heavy atom. The number of carbonyl (C=O) groups is 2. The normalized spacial score (nSPS) is 10.0. The van der Waals surface area contributed by atoms with E-state index < -0.39 is 33.7 Å². The lowest BCUT2D eigenvalue weighted by Crippen LogP contribution is -2.14. The van der Waals surface area contributed by atoms with E-state index in [1.165, 1.54) is 6.07 Å². The highest BCUT2D eigenvalue weighted by Gasteiger charge is 2.28. The summed E-state index contributed by atoms with van der Waals surface area (Å²) in [4.78, 5) is 33.4. The van der Waals surface area contributed by atoms with Gasteiger partial charge in [0.05, 0.1) is 10.5 Å². The molecule has 0 heterocycles. The quantitative estimate of drug-likeness (QED) is 0.517. The van der Waals surface area contributed by atoms with E-state index in [1.807, 2.05) is 0 Å². The molecule has 112 valence electrons. The average molecular weight is 301 g/mol. The number of hydrogen-bond acceptors (Lipinski definition) is 5. The number of carboxylic acid groups (broad SMARTS) is 1. The molecule has 0 atom stereocenters. The molecule has 22 heavy (non-hydrogen) atoms. The van der Waals surface area contributed by atoms with Gasteiger partial charge in [0.1, 0.15) is 6.61 Å². The van der Waals surface area contributed by atoms with Crippen LogP contribution < -0.4 is 0 Å². The average Bonchev–Trinajstić information content (AvgIpc) is 2.52. The zero-order chi connectivity index (χ0) is 16.1. The SMILES string of the molecule is O=C(O)c1cccc([N+](=O)[O-])c1C(=O)OCc1ccccc1. The molecule has 0 fully saturated rings. The van der Waals surface area contributed by atoms with E-state index in [9.17, 15) is 19.7 Å². The van der Waals surface area contributed by atoms with Gasteiger partial charge in [-0.25, -0.2) is 9.59 Å². The highest BCUT2D eigenvalue weighted by Crippen LogP contribution is 2.24. The second-order valence-corrected chi connectivity index (χ2v) is 4.32. The molecule has 2 aromatic rings. The Balaban J connectivity index is 2.31. The smallest absolute Gasteiger partial charge is 0.346 e. The zero-order valence-corrected chi connectivity index (χ0v) is 11.3. The van der Waals surface area contributed by atoms with E-state index in [-0.39, 0.29) is 6.61 Å². The van der Waals surface area contributed by atoms with Crippen molar-refractivity contribution in [1.82, 2.24) is 0 Å². The first-order valence-electron chi connectivity index (χ1n) is 6.22. The van der Waals surface area contributed by atoms with Crippen LogP contribution in [0.4, 0.5) is 5.69 Å². The predicted octanol–water partition coefficient (Wildman–Crippen LogP) is 2.65. The Kier molecular flexibility index (Phi) is 4.47. The molecule has 0 aliphatic carbocycles. The molecule has 0 spiro atoms. The van der Waals surface area contributed by atoms with Crippen molar-refractivity contribution in [1.29, 1.82) is 0 Å². The van der Waals surface area contributed by atoms with Crippen LogP contribution in [0.15, 0.2) is 48.5 Å². The summed E-state index contributed by atoms with van der Waals surface area (Å²) in [5.41, 5.74) is -0.938. The minimum atomic E-state index is -1.43. The molecule has 1 N–H and O–H groups in total. The molecular weight excluding hydrogens is 290 g/mol. The van der Waals surface area contributed by atoms with E-state index in [4.69, 9.17) is 9.84 Å². The van der Waals surface area contributed by atoms with Crippen molar-refractivity contribution in [3.05, 3.63) is 75.3 Å². The van der Waals surface area contributed by atoms with Crippen LogP contribution in [0.3, 0.4) is 0 Å². The molecule has 2 aromatic carbocycles. The van der Waals surface area contributed by atoms with Gasteiger partial charge in [-0.2, -0.15) is 0 Å². The lowest BCUT2D eigenvalue weighted by Gasteiger charge is -2.08. The number of esters is 1. The molecular formula is C15H11NO6. The van der Waals surface area contributed by atoms with Crippen molar-refractivity contribution in [2.45, 2.75) is 6.61 Å². The molecule has 0 aromatic heterocycles. The number of nitro groups is 1. The minimum absolute atomic E-state index is 0.106. The van der Waals surface area contributed by atoms with Crippen molar-refractivity contribution >= 4 is 17.6 Å². The summed E-state index contributed by atoms with van der Waals surface area (Å²) in [6.07, 6.45) is 0. The third-order valence-corrected chi connectivity index (χ3v) is 2.89. The van der Waals surface area contributed by atoms with Crippen molar-refractivity contribution in [2.75, 3.05) is 0 Å². The monoisotopic (exact) mass is 301 g/mol. The van der Waals surface area contributed by atoms with Crippen molar-refractivity contribution < 1.29 is 24.4 Å². The van der Waals surface area contributed by atoms with Crippen molar-refractivity contribution in [2.24, 2.45) is 0 Å². The molecule has 0 saturated carbocycles. The minimum Gasteiger partial charge on any atom is -0.478 e. The maximum atomic E-state index is 12.1. The molecule has 2 rings (SSSR count). The summed E-state index contributed by atoms with van der Waals surface area (Å²) in [5.74, 6) is -2.48. The van der Waals surface area contributed by atoms with Crippen LogP contribution in [0.25, 0.3) is 0 Å². The van der Waals surface area contributed by atoms with Gasteiger partial charge >= 0.3 is 11.9 Å². The summed E-state index contributed by atoms with van der Waals surface area (Å²) in [7, 11) is 0. The molecule has 0 amide bonds. The topological polar surface area (TPSA) is 107 Å². The van der Waals surface area contributed by atoms with E-state index in [0.717, 1.165) is 12.1 Å². The van der Waals surface area contributed by atoms with Gasteiger partial charge in [0.2, 0.25) is 0 Å². The van der Waals surface area contributed by atoms with E-state index in [1.54, 1.807) is 30.3 Å². The van der Waals surface area contributed by atoms with Gasteiger partial charge < -0.3 is 9.84 Å². The Bertz CT molecular complexity index is 694. The number of nitrogens with zero attached hydrogens (tertiary/aromatic N) is 1. The molecule has 0 radical (unpaired) electrons. The van der Waals surface area contributed by atoms with Crippen molar-refractivity contribution in [3.63, 3.8) is 0 Å². The predicted molar refractivity (Wildman–Crippen MR) is 75.6 cm³/mol. The first-order chi connectivity index (χ1) is 10.5. The summed E-state index contributed by atoms with van der Waals surface area (Å²) in [5, 5.41) is 20.1. The molecule has 7 nitrogen and oxygen atoms in total. The third kappa shape index (κ3) is 3.26. The first-order valence-corrected chi connectivity index (χ1v) is 6.22. The Morgan fingerprint density at radius 1 is 1.09 bits per heavy atom. The zero-order valence-electron chi connectivity index (χ0n) is 11.3. The molecule has 0 unspecified atom stereocenters. The number of carbonyl (C=O) groups excluding carboxylic acids is 1. The molecule has 0 saturated heterocycles. The fourth-order valence-corrected chi connectivity index (χ4v) is 1.88. The summed E-state index contributed by atoms with van der Waals surface area (Å²) < 4.78 is 4.99. The maximum absolute atomic E-state index is 12.1. The lowest BCUT2D eigenvalue weighted by atomic mass is 10.1. The molecule has 7 heteroatoms. The van der Waals surface area contributed by atoms with Gasteiger partial charge in [-0.05, 0) is 11.6 Å². The number of ether oxygens (including phenoxy) is 1. The fourth-order valence-electron chi connectivity index (χ4n) is 1.88. The van der Waals surface area contributed by atoms with Crippen LogP contribution in [-0.2, 0) is 11.3 Å². The largest absolute Gasteiger partial charge is 0.478 e. The first kappa shape index (κ1) is 15.2. The van der Waals surface area contributed by atoms with E-state index in [2.05, 4.69) is 0 Å². The number of carboxylic acids is 1. The van der Waals surface area contributed by atoms with Gasteiger partial charge in [-0.15, -0.1) is 0 Å². The Labute approximate surface area is 124 Å². The van der Waals surface area contributed by atoms with Crippen LogP contribution >= 0.6 is 0 Å². The van der Waals surface area contributed by atoms with Crippen LogP contribution in [0.2, 0.25) is 0 Å². The van der Waals surface area contributed by atoms with Gasteiger partial charge in [0.15, 0.2) is 5.56 Å². The summed E-state index contributed by atoms with van der Waals surface area (Å²) in [6, 6.07) is 12.1. The Morgan fingerprint density at radius 3 is 2.36 bits per heavy atom. The van der Waals surface area contributed by atoms with Gasteiger partial charge in [0, 0.05) is 6.07 Å². The summed E-state index contributed by atoms with van der Waals surface area (Å²) >= 11 is 0. The van der Waals surface area contributed by atoms with Crippen LogP contribution in [0, 0.1) is 10.1 Å². The highest BCUT2D eigenvalue weighted by atomic mass is 16.6. The van der Waals surface area contributed by atoms with Crippen LogP contribution in [-0.4, -0.2) is 22.0 Å². The maximum Gasteiger partial charge on any atom is 0.346 e. The number of rotatable bonds is 5. The number of benzene rings is 2. The number of hydrogen-bond donors (Lipinski definition) is 1. The molecule has 0 aliphatic heterocycles. The van der Waals surface area contributed by atoms with E-state index >= 15 is 0 Å². The van der Waals surface area contributed by atoms with Crippen LogP contribution in [0.5, 0.6) is 0 Å². The molecule has 0 aliphatic rings. The third-order valence-electron chi connectivity index (χ3n) is 2.89.